The fourth-order valence-corrected chi connectivity index (χ4v) is 2.88. The molecule has 5 heteroatoms. The number of benzene rings is 2. The van der Waals surface area contributed by atoms with E-state index in [1.54, 1.807) is 0 Å². The lowest BCUT2D eigenvalue weighted by molar-refractivity contribution is -0.119. The predicted molar refractivity (Wildman–Crippen MR) is 83.9 cm³/mol. The van der Waals surface area contributed by atoms with Gasteiger partial charge in [-0.3, -0.25) is 10.1 Å². The second kappa shape index (κ2) is 6.95. The van der Waals surface area contributed by atoms with Crippen molar-refractivity contribution in [1.29, 1.82) is 0 Å². The third-order valence-electron chi connectivity index (χ3n) is 2.86. The van der Waals surface area contributed by atoms with Gasteiger partial charge in [0, 0.05) is 4.90 Å². The van der Waals surface area contributed by atoms with Crippen molar-refractivity contribution < 1.29 is 9.59 Å². The van der Waals surface area contributed by atoms with Crippen LogP contribution < -0.4 is 11.1 Å². The van der Waals surface area contributed by atoms with Crippen molar-refractivity contribution in [2.45, 2.75) is 17.1 Å². The van der Waals surface area contributed by atoms with Gasteiger partial charge < -0.3 is 5.73 Å². The van der Waals surface area contributed by atoms with E-state index in [-0.39, 0.29) is 0 Å². The fraction of sp³-hybridized carbons (Fsp3) is 0.125. The monoisotopic (exact) mass is 300 g/mol. The minimum atomic E-state index is -0.842. The van der Waals surface area contributed by atoms with Gasteiger partial charge in [0.05, 0.1) is 0 Å². The highest BCUT2D eigenvalue weighted by atomic mass is 32.2. The number of primary amides is 1. The maximum atomic E-state index is 12.2. The Balaban J connectivity index is 2.27. The quantitative estimate of drug-likeness (QED) is 0.853. The SMILES string of the molecule is Cc1ccc(C(Sc2ccccc2)C(=O)NC(N)=O)cc1. The number of aryl methyl sites for hydroxylation is 1. The van der Waals surface area contributed by atoms with Crippen LogP contribution in [0.5, 0.6) is 0 Å². The maximum absolute atomic E-state index is 12.2. The number of carbonyl (C=O) groups excluding carboxylic acids is 2. The van der Waals surface area contributed by atoms with Crippen molar-refractivity contribution in [2.75, 3.05) is 0 Å². The summed E-state index contributed by atoms with van der Waals surface area (Å²) in [5.41, 5.74) is 6.98. The summed E-state index contributed by atoms with van der Waals surface area (Å²) in [6.45, 7) is 1.98. The molecule has 0 fully saturated rings. The molecule has 1 unspecified atom stereocenters. The number of amides is 3. The van der Waals surface area contributed by atoms with Crippen molar-refractivity contribution in [2.24, 2.45) is 5.73 Å². The van der Waals surface area contributed by atoms with Gasteiger partial charge in [-0.2, -0.15) is 0 Å². The molecule has 3 N–H and O–H groups in total. The van der Waals surface area contributed by atoms with Crippen LogP contribution in [-0.2, 0) is 4.79 Å². The zero-order valence-electron chi connectivity index (χ0n) is 11.6. The Bertz CT molecular complexity index is 626. The largest absolute Gasteiger partial charge is 0.351 e. The van der Waals surface area contributed by atoms with Crippen LogP contribution in [0.1, 0.15) is 16.4 Å². The van der Waals surface area contributed by atoms with E-state index < -0.39 is 17.2 Å². The Morgan fingerprint density at radius 2 is 1.67 bits per heavy atom. The zero-order chi connectivity index (χ0) is 15.2. The Labute approximate surface area is 127 Å². The minimum absolute atomic E-state index is 0.416. The summed E-state index contributed by atoms with van der Waals surface area (Å²) in [5, 5.41) is 1.63. The average Bonchev–Trinajstić information content (AvgIpc) is 2.46. The first-order valence-electron chi connectivity index (χ1n) is 6.45. The first-order valence-corrected chi connectivity index (χ1v) is 7.33. The molecule has 2 rings (SSSR count). The normalized spacial score (nSPS) is 11.7. The Morgan fingerprint density at radius 3 is 2.24 bits per heavy atom. The van der Waals surface area contributed by atoms with E-state index in [0.29, 0.717) is 0 Å². The van der Waals surface area contributed by atoms with Crippen molar-refractivity contribution in [1.82, 2.24) is 5.32 Å². The highest BCUT2D eigenvalue weighted by molar-refractivity contribution is 8.00. The molecule has 2 aromatic rings. The molecule has 1 atom stereocenters. The van der Waals surface area contributed by atoms with Crippen molar-refractivity contribution in [3.63, 3.8) is 0 Å². The molecule has 0 saturated carbocycles. The highest BCUT2D eigenvalue weighted by Crippen LogP contribution is 2.35. The van der Waals surface area contributed by atoms with Crippen molar-refractivity contribution in [3.05, 3.63) is 65.7 Å². The van der Waals surface area contributed by atoms with Gasteiger partial charge in [0.15, 0.2) is 0 Å². The Morgan fingerprint density at radius 1 is 1.05 bits per heavy atom. The lowest BCUT2D eigenvalue weighted by atomic mass is 10.1. The van der Waals surface area contributed by atoms with Crippen LogP contribution in [0, 0.1) is 6.92 Å². The second-order valence-corrected chi connectivity index (χ2v) is 5.75. The molecule has 0 aliphatic rings. The molecule has 0 saturated heterocycles. The van der Waals surface area contributed by atoms with Crippen LogP contribution in [0.3, 0.4) is 0 Å². The molecular weight excluding hydrogens is 284 g/mol. The predicted octanol–water partition coefficient (Wildman–Crippen LogP) is 3.02. The summed E-state index contributed by atoms with van der Waals surface area (Å²) in [6, 6.07) is 16.4. The number of nitrogens with two attached hydrogens (primary N) is 1. The minimum Gasteiger partial charge on any atom is -0.351 e. The summed E-state index contributed by atoms with van der Waals surface area (Å²) in [6.07, 6.45) is 0. The lowest BCUT2D eigenvalue weighted by Gasteiger charge is -2.16. The van der Waals surface area contributed by atoms with Crippen LogP contribution in [0.25, 0.3) is 0 Å². The first kappa shape index (κ1) is 15.1. The van der Waals surface area contributed by atoms with Gasteiger partial charge in [-0.1, -0.05) is 48.0 Å². The zero-order valence-corrected chi connectivity index (χ0v) is 12.4. The molecule has 21 heavy (non-hydrogen) atoms. The Hall–Kier alpha value is -2.27. The van der Waals surface area contributed by atoms with Gasteiger partial charge in [-0.25, -0.2) is 4.79 Å². The third-order valence-corrected chi connectivity index (χ3v) is 4.13. The molecule has 0 aliphatic heterocycles. The molecule has 2 aromatic carbocycles. The van der Waals surface area contributed by atoms with E-state index in [9.17, 15) is 9.59 Å². The maximum Gasteiger partial charge on any atom is 0.318 e. The number of rotatable bonds is 4. The van der Waals surface area contributed by atoms with E-state index in [1.807, 2.05) is 61.5 Å². The molecule has 0 bridgehead atoms. The molecule has 0 aliphatic carbocycles. The molecule has 0 radical (unpaired) electrons. The standard InChI is InChI=1S/C16H16N2O2S/c1-11-7-9-12(10-8-11)14(15(19)18-16(17)20)21-13-5-3-2-4-6-13/h2-10,14H,1H3,(H3,17,18,19,20). The molecule has 0 spiro atoms. The number of imide groups is 1. The van der Waals surface area contributed by atoms with Crippen LogP contribution in [0.15, 0.2) is 59.5 Å². The first-order chi connectivity index (χ1) is 10.1. The molecule has 3 amide bonds. The molecule has 108 valence electrons. The third kappa shape index (κ3) is 4.36. The van der Waals surface area contributed by atoms with Gasteiger partial charge in [0.2, 0.25) is 5.91 Å². The topological polar surface area (TPSA) is 72.2 Å². The molecular formula is C16H16N2O2S. The molecule has 0 heterocycles. The summed E-state index contributed by atoms with van der Waals surface area (Å²) < 4.78 is 0. The molecule has 4 nitrogen and oxygen atoms in total. The van der Waals surface area contributed by atoms with E-state index in [1.165, 1.54) is 11.8 Å². The second-order valence-electron chi connectivity index (χ2n) is 4.58. The van der Waals surface area contributed by atoms with Crippen LogP contribution in [0.2, 0.25) is 0 Å². The number of hydrogen-bond donors (Lipinski definition) is 2. The van der Waals surface area contributed by atoms with E-state index in [4.69, 9.17) is 5.73 Å². The smallest absolute Gasteiger partial charge is 0.318 e. The number of thioether (sulfide) groups is 1. The number of nitrogens with one attached hydrogen (secondary N) is 1. The number of urea groups is 1. The van der Waals surface area contributed by atoms with E-state index in [0.717, 1.165) is 16.0 Å². The van der Waals surface area contributed by atoms with Crippen LogP contribution in [0.4, 0.5) is 4.79 Å². The number of carbonyl (C=O) groups is 2. The molecule has 0 aromatic heterocycles. The van der Waals surface area contributed by atoms with Gasteiger partial charge in [-0.15, -0.1) is 11.8 Å². The van der Waals surface area contributed by atoms with E-state index in [2.05, 4.69) is 5.32 Å². The fourth-order valence-electron chi connectivity index (χ4n) is 1.84. The lowest BCUT2D eigenvalue weighted by Crippen LogP contribution is -2.37. The summed E-state index contributed by atoms with van der Waals surface area (Å²) in [5.74, 6) is -0.416. The highest BCUT2D eigenvalue weighted by Gasteiger charge is 2.23. The Kier molecular flexibility index (Phi) is 5.00. The summed E-state index contributed by atoms with van der Waals surface area (Å²) >= 11 is 1.38. The summed E-state index contributed by atoms with van der Waals surface area (Å²) in [4.78, 5) is 24.1. The van der Waals surface area contributed by atoms with Crippen LogP contribution >= 0.6 is 11.8 Å². The average molecular weight is 300 g/mol. The van der Waals surface area contributed by atoms with Gasteiger partial charge in [-0.05, 0) is 24.6 Å². The van der Waals surface area contributed by atoms with Crippen molar-refractivity contribution >= 4 is 23.7 Å². The summed E-state index contributed by atoms with van der Waals surface area (Å²) in [7, 11) is 0. The van der Waals surface area contributed by atoms with Crippen LogP contribution in [-0.4, -0.2) is 11.9 Å². The number of hydrogen-bond acceptors (Lipinski definition) is 3. The van der Waals surface area contributed by atoms with Crippen molar-refractivity contribution in [3.8, 4) is 0 Å². The van der Waals surface area contributed by atoms with Gasteiger partial charge in [0.25, 0.3) is 0 Å². The van der Waals surface area contributed by atoms with Gasteiger partial charge >= 0.3 is 6.03 Å². The van der Waals surface area contributed by atoms with E-state index >= 15 is 0 Å². The van der Waals surface area contributed by atoms with Gasteiger partial charge in [0.1, 0.15) is 5.25 Å².